The highest BCUT2D eigenvalue weighted by molar-refractivity contribution is 7.98. The normalized spacial score (nSPS) is 12.9. The molecule has 0 radical (unpaired) electrons. The van der Waals surface area contributed by atoms with Crippen molar-refractivity contribution in [3.05, 3.63) is 29.3 Å². The van der Waals surface area contributed by atoms with Gasteiger partial charge in [-0.25, -0.2) is 13.1 Å². The van der Waals surface area contributed by atoms with Crippen LogP contribution in [0.2, 0.25) is 5.02 Å². The standard InChI is InChI=1S/C13H19ClN2O3S2/c1-3-21(18,19)16-12(8-9-20-2)13(17)15-11-6-4-10(14)5-7-11/h4-7,12,16H,3,8-9H2,1-2H3,(H,15,17). The van der Waals surface area contributed by atoms with Gasteiger partial charge in [-0.15, -0.1) is 0 Å². The Morgan fingerprint density at radius 3 is 2.48 bits per heavy atom. The number of hydrogen-bond acceptors (Lipinski definition) is 4. The van der Waals surface area contributed by atoms with Gasteiger partial charge >= 0.3 is 0 Å². The second-order valence-corrected chi connectivity index (χ2v) is 7.82. The summed E-state index contributed by atoms with van der Waals surface area (Å²) >= 11 is 7.34. The van der Waals surface area contributed by atoms with Crippen molar-refractivity contribution < 1.29 is 13.2 Å². The summed E-state index contributed by atoms with van der Waals surface area (Å²) in [6, 6.07) is 5.87. The Kier molecular flexibility index (Phi) is 7.51. The first-order valence-electron chi connectivity index (χ1n) is 6.43. The van der Waals surface area contributed by atoms with E-state index in [9.17, 15) is 13.2 Å². The molecule has 0 aliphatic heterocycles. The summed E-state index contributed by atoms with van der Waals surface area (Å²) < 4.78 is 25.7. The van der Waals surface area contributed by atoms with Crippen LogP contribution < -0.4 is 10.0 Å². The summed E-state index contributed by atoms with van der Waals surface area (Å²) in [7, 11) is -3.43. The molecule has 1 atom stereocenters. The summed E-state index contributed by atoms with van der Waals surface area (Å²) in [6.07, 6.45) is 2.34. The lowest BCUT2D eigenvalue weighted by Crippen LogP contribution is -2.44. The zero-order chi connectivity index (χ0) is 15.9. The molecule has 1 unspecified atom stereocenters. The van der Waals surface area contributed by atoms with E-state index in [2.05, 4.69) is 10.0 Å². The molecular formula is C13H19ClN2O3S2. The summed E-state index contributed by atoms with van der Waals surface area (Å²) in [5.74, 6) is 0.255. The van der Waals surface area contributed by atoms with Gasteiger partial charge in [-0.2, -0.15) is 11.8 Å². The summed E-state index contributed by atoms with van der Waals surface area (Å²) in [5.41, 5.74) is 0.578. The van der Waals surface area contributed by atoms with E-state index in [-0.39, 0.29) is 11.7 Å². The van der Waals surface area contributed by atoms with Crippen molar-refractivity contribution in [2.45, 2.75) is 19.4 Å². The molecule has 0 spiro atoms. The van der Waals surface area contributed by atoms with Gasteiger partial charge in [0.05, 0.1) is 5.75 Å². The first-order chi connectivity index (χ1) is 9.88. The maximum atomic E-state index is 12.2. The van der Waals surface area contributed by atoms with Gasteiger partial charge in [0.15, 0.2) is 0 Å². The average Bonchev–Trinajstić information content (AvgIpc) is 2.45. The van der Waals surface area contributed by atoms with Crippen LogP contribution in [-0.2, 0) is 14.8 Å². The molecule has 0 aromatic heterocycles. The molecule has 118 valence electrons. The minimum atomic E-state index is -3.43. The number of thioether (sulfide) groups is 1. The molecular weight excluding hydrogens is 332 g/mol. The van der Waals surface area contributed by atoms with E-state index in [0.29, 0.717) is 22.9 Å². The fourth-order valence-electron chi connectivity index (χ4n) is 1.54. The topological polar surface area (TPSA) is 75.3 Å². The summed E-state index contributed by atoms with van der Waals surface area (Å²) in [4.78, 5) is 12.2. The largest absolute Gasteiger partial charge is 0.325 e. The van der Waals surface area contributed by atoms with Crippen molar-refractivity contribution in [1.82, 2.24) is 4.72 Å². The fourth-order valence-corrected chi connectivity index (χ4v) is 2.96. The van der Waals surface area contributed by atoms with Crippen molar-refractivity contribution >= 4 is 45.0 Å². The van der Waals surface area contributed by atoms with Gasteiger partial charge in [0.1, 0.15) is 6.04 Å². The Balaban J connectivity index is 2.77. The van der Waals surface area contributed by atoms with Crippen LogP contribution in [0.5, 0.6) is 0 Å². The maximum absolute atomic E-state index is 12.2. The van der Waals surface area contributed by atoms with E-state index in [4.69, 9.17) is 11.6 Å². The van der Waals surface area contributed by atoms with Crippen LogP contribution in [0.3, 0.4) is 0 Å². The van der Waals surface area contributed by atoms with Gasteiger partial charge in [-0.3, -0.25) is 4.79 Å². The molecule has 0 heterocycles. The molecule has 0 fully saturated rings. The van der Waals surface area contributed by atoms with Crippen molar-refractivity contribution in [2.24, 2.45) is 0 Å². The van der Waals surface area contributed by atoms with Crippen LogP contribution >= 0.6 is 23.4 Å². The first kappa shape index (κ1) is 18.3. The number of carbonyl (C=O) groups is 1. The first-order valence-corrected chi connectivity index (χ1v) is 9.85. The van der Waals surface area contributed by atoms with Gasteiger partial charge in [-0.05, 0) is 49.6 Å². The summed E-state index contributed by atoms with van der Waals surface area (Å²) in [5, 5.41) is 3.26. The van der Waals surface area contributed by atoms with E-state index < -0.39 is 16.1 Å². The van der Waals surface area contributed by atoms with Crippen LogP contribution in [-0.4, -0.2) is 38.1 Å². The van der Waals surface area contributed by atoms with E-state index in [1.165, 1.54) is 6.92 Å². The number of nitrogens with one attached hydrogen (secondary N) is 2. The number of sulfonamides is 1. The third kappa shape index (κ3) is 6.69. The molecule has 1 amide bonds. The van der Waals surface area contributed by atoms with E-state index in [1.54, 1.807) is 36.0 Å². The molecule has 1 aromatic rings. The number of benzene rings is 1. The number of anilines is 1. The molecule has 5 nitrogen and oxygen atoms in total. The number of hydrogen-bond donors (Lipinski definition) is 2. The quantitative estimate of drug-likeness (QED) is 0.754. The number of halogens is 1. The number of carbonyl (C=O) groups excluding carboxylic acids is 1. The second-order valence-electron chi connectivity index (χ2n) is 4.35. The lowest BCUT2D eigenvalue weighted by molar-refractivity contribution is -0.117. The van der Waals surface area contributed by atoms with Crippen LogP contribution in [0.15, 0.2) is 24.3 Å². The van der Waals surface area contributed by atoms with Crippen LogP contribution in [0.4, 0.5) is 5.69 Å². The van der Waals surface area contributed by atoms with Crippen molar-refractivity contribution in [3.63, 3.8) is 0 Å². The third-order valence-electron chi connectivity index (χ3n) is 2.74. The summed E-state index contributed by atoms with van der Waals surface area (Å²) in [6.45, 7) is 1.53. The molecule has 2 N–H and O–H groups in total. The minimum absolute atomic E-state index is 0.0585. The lowest BCUT2D eigenvalue weighted by Gasteiger charge is -2.17. The number of rotatable bonds is 8. The van der Waals surface area contributed by atoms with Gasteiger partial charge in [0, 0.05) is 10.7 Å². The molecule has 21 heavy (non-hydrogen) atoms. The fraction of sp³-hybridized carbons (Fsp3) is 0.462. The predicted molar refractivity (Wildman–Crippen MR) is 89.5 cm³/mol. The molecule has 1 rings (SSSR count). The third-order valence-corrected chi connectivity index (χ3v) is 5.04. The molecule has 0 aliphatic carbocycles. The number of amides is 1. The molecule has 1 aromatic carbocycles. The Hall–Kier alpha value is -0.760. The minimum Gasteiger partial charge on any atom is -0.325 e. The Labute approximate surface area is 134 Å². The maximum Gasteiger partial charge on any atom is 0.242 e. The lowest BCUT2D eigenvalue weighted by atomic mass is 10.2. The highest BCUT2D eigenvalue weighted by Gasteiger charge is 2.23. The van der Waals surface area contributed by atoms with Gasteiger partial charge in [0.2, 0.25) is 15.9 Å². The molecule has 0 saturated carbocycles. The Morgan fingerprint density at radius 2 is 1.95 bits per heavy atom. The Morgan fingerprint density at radius 1 is 1.33 bits per heavy atom. The van der Waals surface area contributed by atoms with Crippen molar-refractivity contribution in [3.8, 4) is 0 Å². The Bertz CT molecular complexity index is 561. The van der Waals surface area contributed by atoms with Crippen LogP contribution in [0.1, 0.15) is 13.3 Å². The van der Waals surface area contributed by atoms with Gasteiger partial charge in [-0.1, -0.05) is 11.6 Å². The van der Waals surface area contributed by atoms with Crippen LogP contribution in [0, 0.1) is 0 Å². The zero-order valence-corrected chi connectivity index (χ0v) is 14.3. The molecule has 8 heteroatoms. The smallest absolute Gasteiger partial charge is 0.242 e. The van der Waals surface area contributed by atoms with E-state index >= 15 is 0 Å². The van der Waals surface area contributed by atoms with Crippen LogP contribution in [0.25, 0.3) is 0 Å². The van der Waals surface area contributed by atoms with Crippen molar-refractivity contribution in [1.29, 1.82) is 0 Å². The van der Waals surface area contributed by atoms with E-state index in [1.807, 2.05) is 6.26 Å². The van der Waals surface area contributed by atoms with E-state index in [0.717, 1.165) is 0 Å². The van der Waals surface area contributed by atoms with Gasteiger partial charge < -0.3 is 5.32 Å². The molecule has 0 saturated heterocycles. The highest BCUT2D eigenvalue weighted by atomic mass is 35.5. The average molecular weight is 351 g/mol. The zero-order valence-electron chi connectivity index (χ0n) is 11.9. The predicted octanol–water partition coefficient (Wildman–Crippen LogP) is 2.34. The molecule has 0 bridgehead atoms. The molecule has 0 aliphatic rings. The SMILES string of the molecule is CCS(=O)(=O)NC(CCSC)C(=O)Nc1ccc(Cl)cc1. The monoisotopic (exact) mass is 350 g/mol. The van der Waals surface area contributed by atoms with Crippen molar-refractivity contribution in [2.75, 3.05) is 23.1 Å². The highest BCUT2D eigenvalue weighted by Crippen LogP contribution is 2.14. The van der Waals surface area contributed by atoms with Gasteiger partial charge in [0.25, 0.3) is 0 Å². The second kappa shape index (κ2) is 8.63.